The Kier molecular flexibility index (Phi) is 27.7. The first-order valence-corrected chi connectivity index (χ1v) is 40.3. The molecule has 0 spiro atoms. The number of phenols is 1. The van der Waals surface area contributed by atoms with Crippen LogP contribution >= 0.6 is 0 Å². The number of urea groups is 1. The molecule has 4 aromatic heterocycles. The molecule has 0 aliphatic rings. The van der Waals surface area contributed by atoms with Crippen molar-refractivity contribution < 1.29 is 49.5 Å². The van der Waals surface area contributed by atoms with Crippen LogP contribution in [0.5, 0.6) is 29.3 Å². The third-order valence-electron chi connectivity index (χ3n) is 20.8. The zero-order chi connectivity index (χ0) is 87.5. The van der Waals surface area contributed by atoms with Crippen LogP contribution in [0.4, 0.5) is 4.79 Å². The Labute approximate surface area is 706 Å². The molecule has 0 aliphatic carbocycles. The van der Waals surface area contributed by atoms with E-state index in [2.05, 4.69) is 106 Å². The van der Waals surface area contributed by atoms with E-state index in [0.29, 0.717) is 51.5 Å². The van der Waals surface area contributed by atoms with Crippen molar-refractivity contribution in [1.29, 1.82) is 0 Å². The predicted octanol–water partition coefficient (Wildman–Crippen LogP) is 19.6. The average Bonchev–Trinajstić information content (AvgIpc) is 1.61. The van der Waals surface area contributed by atoms with E-state index in [4.69, 9.17) is 5.73 Å². The number of nitrogens with zero attached hydrogens (tertiary/aromatic N) is 8. The summed E-state index contributed by atoms with van der Waals surface area (Å²) in [5.74, 6) is 0.394. The maximum atomic E-state index is 12.5. The fraction of sp³-hybridized carbons (Fsp3) is 0.238. The molecule has 620 valence electrons. The zero-order valence-corrected chi connectivity index (χ0v) is 71.9. The lowest BCUT2D eigenvalue weighted by Crippen LogP contribution is -2.34. The Morgan fingerprint density at radius 2 is 0.645 bits per heavy atom. The summed E-state index contributed by atoms with van der Waals surface area (Å²) in [6.07, 6.45) is 0.707. The number of nitrogens with two attached hydrogens (primary N) is 1. The summed E-state index contributed by atoms with van der Waals surface area (Å²) in [7, 11) is 0. The second-order valence-electron chi connectivity index (χ2n) is 31.6. The van der Waals surface area contributed by atoms with Gasteiger partial charge in [-0.3, -0.25) is 57.4 Å². The molecule has 14 rings (SSSR count). The number of aliphatic imine (C=N–C) groups is 4. The number of amides is 2. The van der Waals surface area contributed by atoms with Gasteiger partial charge in [-0.25, -0.2) is 4.79 Å². The minimum atomic E-state index is -0.768. The van der Waals surface area contributed by atoms with Crippen LogP contribution in [0.1, 0.15) is 141 Å². The van der Waals surface area contributed by atoms with Gasteiger partial charge in [-0.2, -0.15) is 0 Å². The van der Waals surface area contributed by atoms with Gasteiger partial charge in [0.2, 0.25) is 23.5 Å². The Morgan fingerprint density at radius 3 is 0.967 bits per heavy atom. The number of carbonyl (C=O) groups is 5. The number of fused-ring (bicyclic) bond motifs is 4. The van der Waals surface area contributed by atoms with Crippen LogP contribution < -0.4 is 11.1 Å². The van der Waals surface area contributed by atoms with Gasteiger partial charge in [-0.15, -0.1) is 0 Å². The van der Waals surface area contributed by atoms with Gasteiger partial charge in [0, 0.05) is 79.8 Å². The Bertz CT molecular complexity index is 6400. The van der Waals surface area contributed by atoms with Gasteiger partial charge >= 0.3 is 6.03 Å². The highest BCUT2D eigenvalue weighted by Gasteiger charge is 2.27. The van der Waals surface area contributed by atoms with Crippen LogP contribution in [-0.4, -0.2) is 129 Å². The SMILES string of the molecule is CC(=NCC(=O)Cc1ccc(O)cc1)c1c(O)n(-c2cc(C)cc(C)c2)c2cc(C)ccc12.CC(=O)CN=C(C)c1c(O)n(-c2cc(C)cc(C)c2)c2cc(C)ccc12.CCC(=O)CN=C(C)c1c(O)n(-c2cc(C)cc(C)c2)c2cc(C)ccc12.Cc1cc(C)cc(-n2c(O)c(C(=NCC(=O)CNC(N)=O)c3ccccc3)c3ccc(C)cc32)c1. The number of hydrogen-bond donors (Lipinski definition) is 7. The molecule has 0 aliphatic heterocycles. The maximum absolute atomic E-state index is 12.5. The van der Waals surface area contributed by atoms with E-state index in [9.17, 15) is 49.5 Å². The summed E-state index contributed by atoms with van der Waals surface area (Å²) in [6, 6.07) is 64.3. The lowest BCUT2D eigenvalue weighted by molar-refractivity contribution is -0.118. The number of benzene rings is 10. The molecule has 121 heavy (non-hydrogen) atoms. The quantitative estimate of drug-likeness (QED) is 0.0315. The number of carbonyl (C=O) groups excluding carboxylic acids is 5. The fourth-order valence-corrected chi connectivity index (χ4v) is 15.4. The van der Waals surface area contributed by atoms with Gasteiger partial charge in [-0.05, 0) is 268 Å². The highest BCUT2D eigenvalue weighted by molar-refractivity contribution is 6.22. The number of ketones is 4. The third kappa shape index (κ3) is 20.8. The van der Waals surface area contributed by atoms with Crippen molar-refractivity contribution >= 4 is 95.6 Å². The molecule has 8 N–H and O–H groups in total. The Balaban J connectivity index is 0.000000159. The van der Waals surface area contributed by atoms with Gasteiger partial charge in [0.25, 0.3) is 0 Å². The van der Waals surface area contributed by atoms with Crippen molar-refractivity contribution in [1.82, 2.24) is 23.6 Å². The van der Waals surface area contributed by atoms with Gasteiger partial charge in [0.05, 0.1) is 76.2 Å². The Morgan fingerprint density at radius 1 is 0.339 bits per heavy atom. The molecule has 0 saturated heterocycles. The van der Waals surface area contributed by atoms with Crippen molar-refractivity contribution in [2.45, 2.75) is 131 Å². The molecular formula is C101H106N10O10. The smallest absolute Gasteiger partial charge is 0.312 e. The van der Waals surface area contributed by atoms with E-state index in [1.165, 1.54) is 6.92 Å². The van der Waals surface area contributed by atoms with E-state index >= 15 is 0 Å². The molecular weight excluding hydrogens is 1510 g/mol. The van der Waals surface area contributed by atoms with E-state index in [1.807, 2.05) is 224 Å². The van der Waals surface area contributed by atoms with E-state index < -0.39 is 6.03 Å². The largest absolute Gasteiger partial charge is 0.508 e. The first kappa shape index (κ1) is 87.8. The molecule has 10 aromatic carbocycles. The minimum Gasteiger partial charge on any atom is -0.508 e. The molecule has 0 unspecified atom stereocenters. The minimum absolute atomic E-state index is 0.00210. The first-order valence-electron chi connectivity index (χ1n) is 40.3. The molecule has 0 saturated carbocycles. The highest BCUT2D eigenvalue weighted by Crippen LogP contribution is 2.42. The predicted molar refractivity (Wildman–Crippen MR) is 490 cm³/mol. The Hall–Kier alpha value is -14.0. The summed E-state index contributed by atoms with van der Waals surface area (Å²) >= 11 is 0. The highest BCUT2D eigenvalue weighted by atomic mass is 16.3. The number of rotatable bonds is 22. The number of nitrogens with one attached hydrogen (secondary N) is 1. The lowest BCUT2D eigenvalue weighted by Gasteiger charge is -2.11. The number of phenolic OH excluding ortho intramolecular Hbond substituents is 1. The number of hydrogen-bond acceptors (Lipinski definition) is 14. The van der Waals surface area contributed by atoms with Crippen LogP contribution in [0.3, 0.4) is 0 Å². The second-order valence-corrected chi connectivity index (χ2v) is 31.6. The van der Waals surface area contributed by atoms with E-state index in [1.54, 1.807) is 24.3 Å². The maximum Gasteiger partial charge on any atom is 0.312 e. The number of Topliss-reactive ketones (excluding diaryl/α,β-unsaturated/α-hetero) is 4. The van der Waals surface area contributed by atoms with Crippen LogP contribution in [0.15, 0.2) is 220 Å². The molecule has 14 aromatic rings. The summed E-state index contributed by atoms with van der Waals surface area (Å²) in [6.45, 7) is 33.2. The molecule has 2 amide bonds. The fourth-order valence-electron chi connectivity index (χ4n) is 15.4. The van der Waals surface area contributed by atoms with Crippen molar-refractivity contribution in [3.8, 4) is 52.0 Å². The second kappa shape index (κ2) is 38.2. The van der Waals surface area contributed by atoms with E-state index in [-0.39, 0.29) is 91.5 Å². The summed E-state index contributed by atoms with van der Waals surface area (Å²) in [5, 5.41) is 60.4. The van der Waals surface area contributed by atoms with E-state index in [0.717, 1.165) is 144 Å². The van der Waals surface area contributed by atoms with Crippen molar-refractivity contribution in [3.63, 3.8) is 0 Å². The molecule has 0 atom stereocenters. The van der Waals surface area contributed by atoms with Gasteiger partial charge in [-0.1, -0.05) is 122 Å². The number of aromatic hydroxyl groups is 5. The van der Waals surface area contributed by atoms with Crippen LogP contribution in [0.2, 0.25) is 0 Å². The van der Waals surface area contributed by atoms with Crippen LogP contribution in [0.25, 0.3) is 66.4 Å². The molecule has 0 radical (unpaired) electrons. The lowest BCUT2D eigenvalue weighted by atomic mass is 10.0. The molecule has 20 heteroatoms. The monoisotopic (exact) mass is 1620 g/mol. The van der Waals surface area contributed by atoms with Gasteiger partial charge in [0.15, 0.2) is 23.1 Å². The standard InChI is InChI=1S/C28H28N4O3.C28H28N2O3.C23H26N2O2.C22H24N2O2/c1-17-9-10-23-24(14-17)32(21-12-18(2)11-19(3)13-21)27(34)25(23)26(20-7-5-4-6-8-20)30-15-22(33)16-31-28(29)35;1-17-5-10-25-26(14-17)30(22-12-18(2)11-19(3)13-22)28(33)27(25)20(4)29-16-24(32)15-21-6-8-23(31)9-7-21;1-6-19(26)13-24-17(5)22-20-8-7-14(2)12-21(20)25(23(22)27)18-10-15(3)9-16(4)11-18;1-13-6-7-19-20(11-13)24(18-9-14(2)8-15(3)10-18)22(26)21(19)17(5)23-12-16(4)25/h4-14,34H,15-16H2,1-3H3,(H3,29,31,35);5-14,31,33H,15-16H2,1-4H3;7-12,27H,6,13H2,1-5H3;6-11,26H,12H2,1-5H3. The molecule has 0 bridgehead atoms. The summed E-state index contributed by atoms with van der Waals surface area (Å²) in [4.78, 5) is 76.7. The molecule has 20 nitrogen and oxygen atoms in total. The van der Waals surface area contributed by atoms with Crippen molar-refractivity contribution in [2.24, 2.45) is 25.7 Å². The van der Waals surface area contributed by atoms with Gasteiger partial charge in [0.1, 0.15) is 12.3 Å². The average molecular weight is 1620 g/mol. The topological polar surface area (TPSA) is 294 Å². The molecule has 4 heterocycles. The van der Waals surface area contributed by atoms with Crippen molar-refractivity contribution in [2.75, 3.05) is 32.7 Å². The van der Waals surface area contributed by atoms with Crippen LogP contribution in [0, 0.1) is 83.1 Å². The zero-order valence-electron chi connectivity index (χ0n) is 71.9. The third-order valence-corrected chi connectivity index (χ3v) is 20.8. The van der Waals surface area contributed by atoms with Crippen LogP contribution in [-0.2, 0) is 25.6 Å². The van der Waals surface area contributed by atoms with Crippen molar-refractivity contribution in [3.05, 3.63) is 300 Å². The normalized spacial score (nSPS) is 11.8. The summed E-state index contributed by atoms with van der Waals surface area (Å²) < 4.78 is 7.42. The van der Waals surface area contributed by atoms with Gasteiger partial charge < -0.3 is 36.6 Å². The first-order chi connectivity index (χ1) is 57.5. The molecule has 0 fully saturated rings. The summed E-state index contributed by atoms with van der Waals surface area (Å²) in [5.41, 5.74) is 32.2. The number of aryl methyl sites for hydroxylation is 12. The number of primary amides is 1. The number of aromatic nitrogens is 4.